The van der Waals surface area contributed by atoms with Crippen LogP contribution in [0.25, 0.3) is 0 Å². The molecule has 5 heteroatoms. The molecule has 1 aliphatic rings. The molecule has 18 heavy (non-hydrogen) atoms. The topological polar surface area (TPSA) is 78.4 Å². The first-order valence-electron chi connectivity index (χ1n) is 6.40. The number of hydrogen-bond acceptors (Lipinski definition) is 2. The number of carboxylic acid groups (broad SMARTS) is 1. The summed E-state index contributed by atoms with van der Waals surface area (Å²) in [5.74, 6) is -0.933. The van der Waals surface area contributed by atoms with Crippen LogP contribution in [-0.4, -0.2) is 29.2 Å². The highest BCUT2D eigenvalue weighted by Gasteiger charge is 2.40. The van der Waals surface area contributed by atoms with Crippen LogP contribution in [0.1, 0.15) is 45.4 Å². The number of hydrogen-bond donors (Lipinski definition) is 3. The molecule has 0 bridgehead atoms. The van der Waals surface area contributed by atoms with Crippen molar-refractivity contribution in [3.05, 3.63) is 12.2 Å². The summed E-state index contributed by atoms with van der Waals surface area (Å²) in [5.41, 5.74) is -0.0909. The Hall–Kier alpha value is -1.52. The third-order valence-electron chi connectivity index (χ3n) is 3.31. The molecule has 0 atom stereocenters. The van der Waals surface area contributed by atoms with Gasteiger partial charge in [0.2, 0.25) is 0 Å². The van der Waals surface area contributed by atoms with Gasteiger partial charge in [-0.15, -0.1) is 6.58 Å². The maximum Gasteiger partial charge on any atom is 0.329 e. The Kier molecular flexibility index (Phi) is 5.19. The Morgan fingerprint density at radius 2 is 1.89 bits per heavy atom. The summed E-state index contributed by atoms with van der Waals surface area (Å²) in [6.07, 6.45) is 4.45. The second-order valence-corrected chi connectivity index (χ2v) is 5.04. The van der Waals surface area contributed by atoms with Crippen LogP contribution in [0.15, 0.2) is 12.2 Å². The van der Waals surface area contributed by atoms with Crippen LogP contribution in [0.2, 0.25) is 0 Å². The number of carbonyl (C=O) groups is 2. The summed E-state index contributed by atoms with van der Waals surface area (Å²) in [4.78, 5) is 23.0. The van der Waals surface area contributed by atoms with Gasteiger partial charge < -0.3 is 15.7 Å². The van der Waals surface area contributed by atoms with Crippen LogP contribution in [0.5, 0.6) is 0 Å². The summed E-state index contributed by atoms with van der Waals surface area (Å²) in [7, 11) is 0. The molecule has 102 valence electrons. The Morgan fingerprint density at radius 1 is 1.28 bits per heavy atom. The van der Waals surface area contributed by atoms with E-state index in [0.29, 0.717) is 25.8 Å². The van der Waals surface area contributed by atoms with E-state index in [4.69, 9.17) is 0 Å². The smallest absolute Gasteiger partial charge is 0.329 e. The second kappa shape index (κ2) is 6.42. The van der Waals surface area contributed by atoms with Crippen molar-refractivity contribution in [3.8, 4) is 0 Å². The van der Waals surface area contributed by atoms with Gasteiger partial charge in [0.05, 0.1) is 0 Å². The van der Waals surface area contributed by atoms with E-state index >= 15 is 0 Å². The normalized spacial score (nSPS) is 17.8. The summed E-state index contributed by atoms with van der Waals surface area (Å²) in [5, 5.41) is 14.6. The van der Waals surface area contributed by atoms with E-state index < -0.39 is 17.5 Å². The van der Waals surface area contributed by atoms with Crippen molar-refractivity contribution in [2.24, 2.45) is 0 Å². The van der Waals surface area contributed by atoms with Gasteiger partial charge in [-0.1, -0.05) is 24.8 Å². The lowest BCUT2D eigenvalue weighted by molar-refractivity contribution is -0.145. The molecule has 1 fully saturated rings. The minimum atomic E-state index is -1.08. The van der Waals surface area contributed by atoms with Crippen molar-refractivity contribution in [3.63, 3.8) is 0 Å². The molecule has 0 radical (unpaired) electrons. The molecule has 0 saturated heterocycles. The van der Waals surface area contributed by atoms with Crippen LogP contribution < -0.4 is 10.6 Å². The average Bonchev–Trinajstić information content (AvgIpc) is 2.29. The number of nitrogens with one attached hydrogen (secondary N) is 2. The zero-order chi connectivity index (χ0) is 13.6. The number of urea groups is 1. The lowest BCUT2D eigenvalue weighted by Gasteiger charge is -2.33. The van der Waals surface area contributed by atoms with Gasteiger partial charge >= 0.3 is 12.0 Å². The maximum atomic E-state index is 11.7. The molecule has 3 N–H and O–H groups in total. The van der Waals surface area contributed by atoms with Crippen LogP contribution in [-0.2, 0) is 4.79 Å². The Morgan fingerprint density at radius 3 is 2.39 bits per heavy atom. The molecule has 0 aromatic carbocycles. The summed E-state index contributed by atoms with van der Waals surface area (Å²) in [6.45, 7) is 6.12. The standard InChI is InChI=1S/C13H22N2O3/c1-10(2)6-9-14-12(18)15-13(11(16)17)7-4-3-5-8-13/h1,3-9H2,2H3,(H,16,17)(H2,14,15,18). The molecule has 0 aromatic rings. The van der Waals surface area contributed by atoms with E-state index in [1.54, 1.807) is 0 Å². The van der Waals surface area contributed by atoms with Crippen LogP contribution >= 0.6 is 0 Å². The van der Waals surface area contributed by atoms with Gasteiger partial charge in [0, 0.05) is 6.54 Å². The number of aliphatic carboxylic acids is 1. The predicted octanol–water partition coefficient (Wildman–Crippen LogP) is 2.04. The molecule has 1 saturated carbocycles. The van der Waals surface area contributed by atoms with Gasteiger partial charge in [-0.05, 0) is 26.2 Å². The monoisotopic (exact) mass is 254 g/mol. The minimum Gasteiger partial charge on any atom is -0.480 e. The largest absolute Gasteiger partial charge is 0.480 e. The lowest BCUT2D eigenvalue weighted by atomic mass is 9.82. The molecular weight excluding hydrogens is 232 g/mol. The highest BCUT2D eigenvalue weighted by molar-refractivity contribution is 5.86. The predicted molar refractivity (Wildman–Crippen MR) is 69.4 cm³/mol. The summed E-state index contributed by atoms with van der Waals surface area (Å²) < 4.78 is 0. The highest BCUT2D eigenvalue weighted by Crippen LogP contribution is 2.28. The van der Waals surface area contributed by atoms with E-state index in [1.165, 1.54) is 0 Å². The molecule has 0 unspecified atom stereocenters. The Bertz CT molecular complexity index is 333. The fraction of sp³-hybridized carbons (Fsp3) is 0.692. The molecule has 0 spiro atoms. The van der Waals surface area contributed by atoms with Gasteiger partial charge in [-0.2, -0.15) is 0 Å². The molecule has 0 aliphatic heterocycles. The maximum absolute atomic E-state index is 11.7. The Balaban J connectivity index is 2.48. The van der Waals surface area contributed by atoms with Crippen LogP contribution in [0, 0.1) is 0 Å². The first-order chi connectivity index (χ1) is 8.46. The minimum absolute atomic E-state index is 0.402. The first-order valence-corrected chi connectivity index (χ1v) is 6.40. The SMILES string of the molecule is C=C(C)CCNC(=O)NC1(C(=O)O)CCCCC1. The quantitative estimate of drug-likeness (QED) is 0.657. The molecule has 1 rings (SSSR count). The van der Waals surface area contributed by atoms with Crippen molar-refractivity contribution in [2.75, 3.05) is 6.54 Å². The van der Waals surface area contributed by atoms with E-state index in [1.807, 2.05) is 6.92 Å². The number of carbonyl (C=O) groups excluding carboxylic acids is 1. The first kappa shape index (κ1) is 14.5. The van der Waals surface area contributed by atoms with Crippen LogP contribution in [0.3, 0.4) is 0 Å². The van der Waals surface area contributed by atoms with Crippen molar-refractivity contribution in [1.29, 1.82) is 0 Å². The third kappa shape index (κ3) is 4.05. The fourth-order valence-electron chi connectivity index (χ4n) is 2.20. The summed E-state index contributed by atoms with van der Waals surface area (Å²) >= 11 is 0. The summed E-state index contributed by atoms with van der Waals surface area (Å²) in [6, 6.07) is -0.402. The second-order valence-electron chi connectivity index (χ2n) is 5.04. The van der Waals surface area contributed by atoms with Crippen molar-refractivity contribution in [1.82, 2.24) is 10.6 Å². The zero-order valence-electron chi connectivity index (χ0n) is 10.9. The van der Waals surface area contributed by atoms with Crippen molar-refractivity contribution < 1.29 is 14.7 Å². The van der Waals surface area contributed by atoms with Gasteiger partial charge in [-0.3, -0.25) is 0 Å². The third-order valence-corrected chi connectivity index (χ3v) is 3.31. The van der Waals surface area contributed by atoms with E-state index in [2.05, 4.69) is 17.2 Å². The van der Waals surface area contributed by atoms with E-state index in [-0.39, 0.29) is 0 Å². The van der Waals surface area contributed by atoms with Crippen LogP contribution in [0.4, 0.5) is 4.79 Å². The molecule has 0 aromatic heterocycles. The van der Waals surface area contributed by atoms with Gasteiger partial charge in [0.1, 0.15) is 5.54 Å². The van der Waals surface area contributed by atoms with Gasteiger partial charge in [0.15, 0.2) is 0 Å². The average molecular weight is 254 g/mol. The molecule has 2 amide bonds. The van der Waals surface area contributed by atoms with E-state index in [0.717, 1.165) is 24.8 Å². The van der Waals surface area contributed by atoms with Crippen molar-refractivity contribution in [2.45, 2.75) is 51.0 Å². The Labute approximate surface area is 108 Å². The lowest BCUT2D eigenvalue weighted by Crippen LogP contribution is -2.58. The number of carboxylic acids is 1. The highest BCUT2D eigenvalue weighted by atomic mass is 16.4. The molecular formula is C13H22N2O3. The van der Waals surface area contributed by atoms with E-state index in [9.17, 15) is 14.7 Å². The number of rotatable bonds is 5. The van der Waals surface area contributed by atoms with Crippen molar-refractivity contribution >= 4 is 12.0 Å². The van der Waals surface area contributed by atoms with Gasteiger partial charge in [0.25, 0.3) is 0 Å². The molecule has 0 heterocycles. The molecule has 1 aliphatic carbocycles. The number of amides is 2. The fourth-order valence-corrected chi connectivity index (χ4v) is 2.20. The van der Waals surface area contributed by atoms with Gasteiger partial charge in [-0.25, -0.2) is 9.59 Å². The zero-order valence-corrected chi connectivity index (χ0v) is 10.9. The molecule has 5 nitrogen and oxygen atoms in total.